The molecule has 0 atom stereocenters. The molecule has 2 heterocycles. The lowest BCUT2D eigenvalue weighted by atomic mass is 9.97. The molecule has 1 aliphatic heterocycles. The Morgan fingerprint density at radius 1 is 1.56 bits per heavy atom. The summed E-state index contributed by atoms with van der Waals surface area (Å²) >= 11 is 2.04. The first kappa shape index (κ1) is 11.7. The van der Waals surface area contributed by atoms with Crippen molar-refractivity contribution in [1.29, 1.82) is 0 Å². The molecule has 2 rings (SSSR count). The first-order chi connectivity index (χ1) is 7.66. The van der Waals surface area contributed by atoms with E-state index in [1.54, 1.807) is 11.6 Å². The van der Waals surface area contributed by atoms with Gasteiger partial charge in [0.15, 0.2) is 5.78 Å². The second kappa shape index (κ2) is 5.04. The van der Waals surface area contributed by atoms with Gasteiger partial charge in [0, 0.05) is 14.0 Å². The van der Waals surface area contributed by atoms with Crippen LogP contribution in [0, 0.1) is 5.92 Å². The molecule has 0 spiro atoms. The maximum Gasteiger partial charge on any atom is 0.177 e. The molecule has 0 N–H and O–H groups in total. The quantitative estimate of drug-likeness (QED) is 0.758. The number of nitrogens with zero attached hydrogens (tertiary/aromatic N) is 2. The maximum atomic E-state index is 11.3. The van der Waals surface area contributed by atoms with Crippen LogP contribution in [0.25, 0.3) is 0 Å². The first-order valence-corrected chi connectivity index (χ1v) is 6.94. The van der Waals surface area contributed by atoms with Gasteiger partial charge in [-0.3, -0.25) is 9.48 Å². The number of aryl methyl sites for hydroxylation is 1. The number of carbonyl (C=O) groups is 1. The predicted octanol–water partition coefficient (Wildman–Crippen LogP) is 2.31. The van der Waals surface area contributed by atoms with Crippen molar-refractivity contribution in [3.05, 3.63) is 17.5 Å². The molecule has 3 nitrogen and oxygen atoms in total. The minimum Gasteiger partial charge on any atom is -0.293 e. The predicted molar refractivity (Wildman–Crippen MR) is 67.0 cm³/mol. The van der Waals surface area contributed by atoms with E-state index in [0.29, 0.717) is 0 Å². The van der Waals surface area contributed by atoms with Gasteiger partial charge in [-0.25, -0.2) is 0 Å². The summed E-state index contributed by atoms with van der Waals surface area (Å²) < 4.78 is 1.70. The van der Waals surface area contributed by atoms with Gasteiger partial charge in [-0.15, -0.1) is 0 Å². The Kier molecular flexibility index (Phi) is 3.69. The third-order valence-electron chi connectivity index (χ3n) is 3.13. The molecule has 0 saturated carbocycles. The molecule has 0 radical (unpaired) electrons. The van der Waals surface area contributed by atoms with Crippen molar-refractivity contribution in [2.24, 2.45) is 13.0 Å². The van der Waals surface area contributed by atoms with Crippen molar-refractivity contribution in [3.63, 3.8) is 0 Å². The highest BCUT2D eigenvalue weighted by atomic mass is 32.2. The molecule has 0 amide bonds. The minimum atomic E-state index is 0.0976. The zero-order valence-electron chi connectivity index (χ0n) is 9.90. The van der Waals surface area contributed by atoms with Gasteiger partial charge >= 0.3 is 0 Å². The number of hydrogen-bond donors (Lipinski definition) is 0. The summed E-state index contributed by atoms with van der Waals surface area (Å²) in [5, 5.41) is 4.42. The van der Waals surface area contributed by atoms with Gasteiger partial charge in [0.1, 0.15) is 5.69 Å². The topological polar surface area (TPSA) is 34.9 Å². The normalized spacial score (nSPS) is 17.6. The van der Waals surface area contributed by atoms with Crippen LogP contribution in [0.4, 0.5) is 0 Å². The van der Waals surface area contributed by atoms with Crippen LogP contribution in [0.3, 0.4) is 0 Å². The summed E-state index contributed by atoms with van der Waals surface area (Å²) in [7, 11) is 1.84. The monoisotopic (exact) mass is 238 g/mol. The molecule has 4 heteroatoms. The minimum absolute atomic E-state index is 0.0976. The van der Waals surface area contributed by atoms with Crippen LogP contribution >= 0.6 is 11.8 Å². The number of Topliss-reactive ketones (excluding diaryl/α,β-unsaturated/α-hetero) is 1. The Labute approximate surface area is 101 Å². The molecule has 88 valence electrons. The van der Waals surface area contributed by atoms with E-state index < -0.39 is 0 Å². The second-order valence-corrected chi connectivity index (χ2v) is 5.69. The van der Waals surface area contributed by atoms with Crippen LogP contribution in [-0.2, 0) is 13.5 Å². The van der Waals surface area contributed by atoms with Crippen LogP contribution in [0.2, 0.25) is 0 Å². The smallest absolute Gasteiger partial charge is 0.177 e. The van der Waals surface area contributed by atoms with Crippen molar-refractivity contribution in [3.8, 4) is 0 Å². The lowest BCUT2D eigenvalue weighted by Gasteiger charge is -2.19. The van der Waals surface area contributed by atoms with E-state index in [9.17, 15) is 4.79 Å². The lowest BCUT2D eigenvalue weighted by molar-refractivity contribution is 0.100. The molecule has 1 aliphatic rings. The summed E-state index contributed by atoms with van der Waals surface area (Å²) in [4.78, 5) is 11.3. The molecule has 1 fully saturated rings. The SMILES string of the molecule is CC(=O)c1cc(CC2CCSCC2)nn1C. The maximum absolute atomic E-state index is 11.3. The summed E-state index contributed by atoms with van der Waals surface area (Å²) in [6.07, 6.45) is 3.61. The van der Waals surface area contributed by atoms with Crippen molar-refractivity contribution in [2.75, 3.05) is 11.5 Å². The van der Waals surface area contributed by atoms with E-state index >= 15 is 0 Å². The van der Waals surface area contributed by atoms with Gasteiger partial charge in [-0.1, -0.05) is 0 Å². The van der Waals surface area contributed by atoms with Crippen molar-refractivity contribution < 1.29 is 4.79 Å². The average molecular weight is 238 g/mol. The molecule has 0 aromatic carbocycles. The van der Waals surface area contributed by atoms with E-state index in [4.69, 9.17) is 0 Å². The summed E-state index contributed by atoms with van der Waals surface area (Å²) in [5.74, 6) is 3.41. The van der Waals surface area contributed by atoms with Gasteiger partial charge in [0.25, 0.3) is 0 Å². The molecule has 1 saturated heterocycles. The third kappa shape index (κ3) is 2.67. The van der Waals surface area contributed by atoms with Crippen LogP contribution in [0.5, 0.6) is 0 Å². The summed E-state index contributed by atoms with van der Waals surface area (Å²) in [6, 6.07) is 1.95. The molecular weight excluding hydrogens is 220 g/mol. The van der Waals surface area contributed by atoms with Crippen molar-refractivity contribution in [1.82, 2.24) is 9.78 Å². The number of ketones is 1. The number of rotatable bonds is 3. The first-order valence-electron chi connectivity index (χ1n) is 5.78. The fourth-order valence-corrected chi connectivity index (χ4v) is 3.41. The summed E-state index contributed by atoms with van der Waals surface area (Å²) in [6.45, 7) is 1.60. The number of aromatic nitrogens is 2. The molecular formula is C12H18N2OS. The van der Waals surface area contributed by atoms with Gasteiger partial charge in [0.2, 0.25) is 0 Å². The largest absolute Gasteiger partial charge is 0.293 e. The molecule has 16 heavy (non-hydrogen) atoms. The zero-order valence-corrected chi connectivity index (χ0v) is 10.7. The Morgan fingerprint density at radius 2 is 2.25 bits per heavy atom. The van der Waals surface area contributed by atoms with Gasteiger partial charge < -0.3 is 0 Å². The zero-order chi connectivity index (χ0) is 11.5. The summed E-state index contributed by atoms with van der Waals surface area (Å²) in [5.41, 5.74) is 1.80. The highest BCUT2D eigenvalue weighted by molar-refractivity contribution is 7.99. The van der Waals surface area contributed by atoms with E-state index in [0.717, 1.165) is 23.7 Å². The lowest BCUT2D eigenvalue weighted by Crippen LogP contribution is -2.12. The van der Waals surface area contributed by atoms with E-state index in [2.05, 4.69) is 5.10 Å². The van der Waals surface area contributed by atoms with Crippen molar-refractivity contribution >= 4 is 17.5 Å². The van der Waals surface area contributed by atoms with Gasteiger partial charge in [-0.2, -0.15) is 16.9 Å². The molecule has 0 aliphatic carbocycles. The Balaban J connectivity index is 2.03. The van der Waals surface area contributed by atoms with Gasteiger partial charge in [0.05, 0.1) is 5.69 Å². The fraction of sp³-hybridized carbons (Fsp3) is 0.667. The molecule has 1 aromatic rings. The van der Waals surface area contributed by atoms with E-state index in [1.807, 2.05) is 24.9 Å². The van der Waals surface area contributed by atoms with Crippen LogP contribution in [0.1, 0.15) is 35.9 Å². The highest BCUT2D eigenvalue weighted by Gasteiger charge is 2.17. The van der Waals surface area contributed by atoms with E-state index in [1.165, 1.54) is 24.3 Å². The molecule has 1 aromatic heterocycles. The van der Waals surface area contributed by atoms with Crippen molar-refractivity contribution in [2.45, 2.75) is 26.2 Å². The van der Waals surface area contributed by atoms with Crippen LogP contribution < -0.4 is 0 Å². The molecule has 0 bridgehead atoms. The number of carbonyl (C=O) groups excluding carboxylic acids is 1. The Hall–Kier alpha value is -0.770. The Morgan fingerprint density at radius 3 is 2.81 bits per heavy atom. The number of hydrogen-bond acceptors (Lipinski definition) is 3. The van der Waals surface area contributed by atoms with Crippen LogP contribution in [-0.4, -0.2) is 27.1 Å². The third-order valence-corrected chi connectivity index (χ3v) is 4.18. The van der Waals surface area contributed by atoms with Crippen LogP contribution in [0.15, 0.2) is 6.07 Å². The number of thioether (sulfide) groups is 1. The Bertz CT molecular complexity index is 380. The second-order valence-electron chi connectivity index (χ2n) is 4.46. The molecule has 0 unspecified atom stereocenters. The fourth-order valence-electron chi connectivity index (χ4n) is 2.20. The van der Waals surface area contributed by atoms with Gasteiger partial charge in [-0.05, 0) is 42.8 Å². The standard InChI is InChI=1S/C12H18N2OS/c1-9(15)12-8-11(13-14(12)2)7-10-3-5-16-6-4-10/h8,10H,3-7H2,1-2H3. The average Bonchev–Trinajstić information content (AvgIpc) is 2.61. The van der Waals surface area contributed by atoms with E-state index in [-0.39, 0.29) is 5.78 Å². The highest BCUT2D eigenvalue weighted by Crippen LogP contribution is 2.25.